The molecule has 1 heterocycles. The molecule has 0 saturated carbocycles. The van der Waals surface area contributed by atoms with Crippen molar-refractivity contribution in [3.05, 3.63) is 23.8 Å². The van der Waals surface area contributed by atoms with Crippen LogP contribution in [0.2, 0.25) is 0 Å². The maximum Gasteiger partial charge on any atom is 0.266 e. The predicted molar refractivity (Wildman–Crippen MR) is 72.3 cm³/mol. The fourth-order valence-electron chi connectivity index (χ4n) is 1.68. The highest BCUT2D eigenvalue weighted by atomic mass is 32.2. The zero-order valence-electron chi connectivity index (χ0n) is 10.9. The fourth-order valence-corrected chi connectivity index (χ4v) is 2.89. The van der Waals surface area contributed by atoms with Crippen LogP contribution in [0.1, 0.15) is 26.3 Å². The molecule has 0 saturated heterocycles. The van der Waals surface area contributed by atoms with E-state index in [0.717, 1.165) is 5.56 Å². The van der Waals surface area contributed by atoms with Crippen LogP contribution in [0.5, 0.6) is 0 Å². The number of hydrogen-bond acceptors (Lipinski definition) is 3. The van der Waals surface area contributed by atoms with E-state index < -0.39 is 10.0 Å². The summed E-state index contributed by atoms with van der Waals surface area (Å²) in [5.74, 6) is 0.263. The maximum atomic E-state index is 12.1. The number of nitrogens with one attached hydrogen (secondary N) is 2. The number of hydrogen-bond donors (Lipinski definition) is 2. The van der Waals surface area contributed by atoms with E-state index in [1.54, 1.807) is 12.1 Å². The lowest BCUT2D eigenvalue weighted by Gasteiger charge is -2.24. The van der Waals surface area contributed by atoms with Crippen molar-refractivity contribution >= 4 is 21.7 Å². The highest BCUT2D eigenvalue weighted by Gasteiger charge is 2.27. The summed E-state index contributed by atoms with van der Waals surface area (Å²) < 4.78 is 26.6. The quantitative estimate of drug-likeness (QED) is 0.753. The smallest absolute Gasteiger partial charge is 0.266 e. The van der Waals surface area contributed by atoms with Gasteiger partial charge in [0.25, 0.3) is 10.0 Å². The zero-order valence-corrected chi connectivity index (χ0v) is 11.7. The van der Waals surface area contributed by atoms with Gasteiger partial charge in [-0.25, -0.2) is 18.1 Å². The van der Waals surface area contributed by atoms with Crippen LogP contribution < -0.4 is 10.0 Å². The van der Waals surface area contributed by atoms with Crippen molar-refractivity contribution in [3.8, 4) is 0 Å². The van der Waals surface area contributed by atoms with Gasteiger partial charge in [-0.1, -0.05) is 6.07 Å². The third-order valence-corrected chi connectivity index (χ3v) is 3.74. The van der Waals surface area contributed by atoms with Crippen LogP contribution in [0.3, 0.4) is 0 Å². The lowest BCUT2D eigenvalue weighted by molar-refractivity contribution is 0.576. The Morgan fingerprint density at radius 2 is 1.89 bits per heavy atom. The van der Waals surface area contributed by atoms with Gasteiger partial charge in [-0.3, -0.25) is 0 Å². The first kappa shape index (κ1) is 12.9. The topological polar surface area (TPSA) is 70.6 Å². The maximum absolute atomic E-state index is 12.1. The van der Waals surface area contributed by atoms with Crippen LogP contribution in [0.15, 0.2) is 28.1 Å². The minimum atomic E-state index is -3.53. The van der Waals surface area contributed by atoms with E-state index in [4.69, 9.17) is 0 Å². The van der Waals surface area contributed by atoms with E-state index in [2.05, 4.69) is 15.0 Å². The highest BCUT2D eigenvalue weighted by molar-refractivity contribution is 7.90. The first-order chi connectivity index (χ1) is 8.17. The summed E-state index contributed by atoms with van der Waals surface area (Å²) in [4.78, 5) is 4.56. The molecule has 0 aliphatic carbocycles. The summed E-state index contributed by atoms with van der Waals surface area (Å²) in [6, 6.07) is 5.25. The molecular formula is C12H17N3O2S. The van der Waals surface area contributed by atoms with Gasteiger partial charge in [0.1, 0.15) is 4.90 Å². The van der Waals surface area contributed by atoms with Gasteiger partial charge in [-0.05, 0) is 45.4 Å². The van der Waals surface area contributed by atoms with E-state index in [1.807, 2.05) is 33.8 Å². The molecule has 1 aliphatic rings. The molecule has 5 nitrogen and oxygen atoms in total. The third-order valence-electron chi connectivity index (χ3n) is 2.36. The Kier molecular flexibility index (Phi) is 2.85. The molecule has 2 rings (SSSR count). The van der Waals surface area contributed by atoms with Crippen molar-refractivity contribution in [2.24, 2.45) is 4.99 Å². The summed E-state index contributed by atoms with van der Waals surface area (Å²) in [6.45, 7) is 7.57. The average Bonchev–Trinajstić information content (AvgIpc) is 2.16. The lowest BCUT2D eigenvalue weighted by atomic mass is 10.1. The minimum absolute atomic E-state index is 0.260. The van der Waals surface area contributed by atoms with Crippen molar-refractivity contribution < 1.29 is 8.42 Å². The molecule has 0 unspecified atom stereocenters. The van der Waals surface area contributed by atoms with Crippen molar-refractivity contribution in [2.75, 3.05) is 5.32 Å². The molecule has 98 valence electrons. The molecule has 1 aromatic carbocycles. The molecule has 1 aromatic rings. The van der Waals surface area contributed by atoms with Crippen LogP contribution in [0.4, 0.5) is 5.69 Å². The number of aliphatic imine (C=N–C) groups is 1. The van der Waals surface area contributed by atoms with Crippen LogP contribution in [-0.2, 0) is 10.0 Å². The van der Waals surface area contributed by atoms with E-state index in [-0.39, 0.29) is 16.4 Å². The number of guanidine groups is 1. The number of nitrogens with zero attached hydrogens (tertiary/aromatic N) is 1. The van der Waals surface area contributed by atoms with Gasteiger partial charge in [-0.15, -0.1) is 0 Å². The summed E-state index contributed by atoms with van der Waals surface area (Å²) in [7, 11) is -3.53. The number of rotatable bonds is 0. The van der Waals surface area contributed by atoms with Crippen molar-refractivity contribution in [3.63, 3.8) is 0 Å². The van der Waals surface area contributed by atoms with E-state index in [0.29, 0.717) is 5.69 Å². The molecule has 0 aromatic heterocycles. The molecule has 0 amide bonds. The summed E-state index contributed by atoms with van der Waals surface area (Å²) >= 11 is 0. The molecule has 0 radical (unpaired) electrons. The zero-order chi connectivity index (χ0) is 13.6. The normalized spacial score (nSPS) is 19.9. The number of aryl methyl sites for hydroxylation is 1. The van der Waals surface area contributed by atoms with Gasteiger partial charge in [-0.2, -0.15) is 0 Å². The van der Waals surface area contributed by atoms with Gasteiger partial charge >= 0.3 is 0 Å². The highest BCUT2D eigenvalue weighted by Crippen LogP contribution is 2.26. The predicted octanol–water partition coefficient (Wildman–Crippen LogP) is 1.85. The van der Waals surface area contributed by atoms with Crippen molar-refractivity contribution in [1.82, 2.24) is 4.72 Å². The molecule has 0 fully saturated rings. The molecule has 1 aliphatic heterocycles. The Labute approximate surface area is 107 Å². The fraction of sp³-hybridized carbons (Fsp3) is 0.417. The average molecular weight is 267 g/mol. The third kappa shape index (κ3) is 2.64. The second-order valence-corrected chi connectivity index (χ2v) is 7.01. The van der Waals surface area contributed by atoms with Gasteiger partial charge in [0.15, 0.2) is 0 Å². The van der Waals surface area contributed by atoms with E-state index in [1.165, 1.54) is 0 Å². The molecular weight excluding hydrogens is 250 g/mol. The molecule has 2 N–H and O–H groups in total. The molecule has 6 heteroatoms. The SMILES string of the molecule is Cc1ccc2c(c1)S(=O)(=O)NC(=NC(C)(C)C)N2. The lowest BCUT2D eigenvalue weighted by Crippen LogP contribution is -2.42. The Balaban J connectivity index is 2.52. The molecule has 0 spiro atoms. The number of anilines is 1. The summed E-state index contributed by atoms with van der Waals surface area (Å²) in [5, 5.41) is 3.00. The van der Waals surface area contributed by atoms with Crippen molar-refractivity contribution in [1.29, 1.82) is 0 Å². The number of fused-ring (bicyclic) bond motifs is 1. The van der Waals surface area contributed by atoms with E-state index in [9.17, 15) is 8.42 Å². The summed E-state index contributed by atoms with van der Waals surface area (Å²) in [6.07, 6.45) is 0. The summed E-state index contributed by atoms with van der Waals surface area (Å²) in [5.41, 5.74) is 1.10. The standard InChI is InChI=1S/C12H17N3O2S/c1-8-5-6-9-10(7-8)18(16,17)15-11(13-9)14-12(2,3)4/h5-7H,1-4H3,(H2,13,14,15). The molecule has 18 heavy (non-hydrogen) atoms. The largest absolute Gasteiger partial charge is 0.324 e. The van der Waals surface area contributed by atoms with E-state index >= 15 is 0 Å². The second-order valence-electron chi connectivity index (χ2n) is 5.36. The second kappa shape index (κ2) is 3.98. The number of sulfonamides is 1. The Bertz CT molecular complexity index is 613. The first-order valence-electron chi connectivity index (χ1n) is 5.68. The van der Waals surface area contributed by atoms with Crippen LogP contribution >= 0.6 is 0 Å². The Morgan fingerprint density at radius 3 is 2.50 bits per heavy atom. The van der Waals surface area contributed by atoms with Gasteiger partial charge in [0.2, 0.25) is 5.96 Å². The van der Waals surface area contributed by atoms with Crippen molar-refractivity contribution in [2.45, 2.75) is 38.1 Å². The van der Waals surface area contributed by atoms with Gasteiger partial charge in [0.05, 0.1) is 11.2 Å². The molecule has 0 bridgehead atoms. The number of benzene rings is 1. The minimum Gasteiger partial charge on any atom is -0.324 e. The molecule has 0 atom stereocenters. The van der Waals surface area contributed by atoms with Gasteiger partial charge < -0.3 is 5.32 Å². The van der Waals surface area contributed by atoms with Crippen LogP contribution in [0.25, 0.3) is 0 Å². The van der Waals surface area contributed by atoms with Crippen LogP contribution in [-0.4, -0.2) is 19.9 Å². The Hall–Kier alpha value is -1.56. The monoisotopic (exact) mass is 267 g/mol. The Morgan fingerprint density at radius 1 is 1.22 bits per heavy atom. The van der Waals surface area contributed by atoms with Gasteiger partial charge in [0, 0.05) is 0 Å². The first-order valence-corrected chi connectivity index (χ1v) is 7.16. The van der Waals surface area contributed by atoms with Crippen LogP contribution in [0, 0.1) is 6.92 Å².